The zero-order valence-corrected chi connectivity index (χ0v) is 16.4. The summed E-state index contributed by atoms with van der Waals surface area (Å²) in [7, 11) is 1.58. The lowest BCUT2D eigenvalue weighted by Gasteiger charge is -2.31. The Morgan fingerprint density at radius 2 is 1.97 bits per heavy atom. The largest absolute Gasteiger partial charge is 0.495 e. The highest BCUT2D eigenvalue weighted by molar-refractivity contribution is 5.94. The number of methoxy groups -OCH3 is 1. The molecule has 29 heavy (non-hydrogen) atoms. The van der Waals surface area contributed by atoms with Gasteiger partial charge in [-0.2, -0.15) is 0 Å². The number of benzene rings is 2. The molecule has 0 aromatic heterocycles. The number of nitro groups is 1. The normalized spacial score (nSPS) is 14.9. The van der Waals surface area contributed by atoms with Crippen LogP contribution in [0, 0.1) is 16.0 Å². The Labute approximate surface area is 169 Å². The van der Waals surface area contributed by atoms with Gasteiger partial charge in [0.15, 0.2) is 0 Å². The summed E-state index contributed by atoms with van der Waals surface area (Å²) in [6.07, 6.45) is 1.55. The molecule has 8 nitrogen and oxygen atoms in total. The van der Waals surface area contributed by atoms with Gasteiger partial charge in [-0.25, -0.2) is 0 Å². The third-order valence-electron chi connectivity index (χ3n) is 5.03. The van der Waals surface area contributed by atoms with E-state index in [4.69, 9.17) is 9.47 Å². The molecule has 0 radical (unpaired) electrons. The van der Waals surface area contributed by atoms with Crippen molar-refractivity contribution in [3.8, 4) is 11.5 Å². The average molecular weight is 399 g/mol. The van der Waals surface area contributed by atoms with Gasteiger partial charge in [-0.3, -0.25) is 19.8 Å². The van der Waals surface area contributed by atoms with Crippen molar-refractivity contribution in [2.75, 3.05) is 38.7 Å². The number of carbonyl (C=O) groups excluding carboxylic acids is 1. The third kappa shape index (κ3) is 5.68. The number of anilines is 1. The minimum Gasteiger partial charge on any atom is -0.495 e. The molecule has 0 aliphatic carbocycles. The van der Waals surface area contributed by atoms with E-state index in [-0.39, 0.29) is 17.5 Å². The highest BCUT2D eigenvalue weighted by atomic mass is 16.6. The monoisotopic (exact) mass is 399 g/mol. The number of nitrogens with zero attached hydrogens (tertiary/aromatic N) is 2. The van der Waals surface area contributed by atoms with E-state index in [1.165, 1.54) is 12.1 Å². The number of hydrogen-bond donors (Lipinski definition) is 1. The molecule has 0 unspecified atom stereocenters. The maximum atomic E-state index is 12.6. The number of non-ortho nitro benzene ring substituents is 1. The quantitative estimate of drug-likeness (QED) is 0.541. The summed E-state index contributed by atoms with van der Waals surface area (Å²) < 4.78 is 10.9. The maximum absolute atomic E-state index is 12.6. The van der Waals surface area contributed by atoms with Crippen molar-refractivity contribution in [2.24, 2.45) is 5.92 Å². The molecule has 1 heterocycles. The predicted molar refractivity (Wildman–Crippen MR) is 109 cm³/mol. The molecule has 1 fully saturated rings. The SMILES string of the molecule is COc1ccccc1NC(=O)C1CCN(CCOc2cccc([N+](=O)[O-])c2)CC1. The highest BCUT2D eigenvalue weighted by Gasteiger charge is 2.25. The topological polar surface area (TPSA) is 93.9 Å². The Morgan fingerprint density at radius 3 is 2.69 bits per heavy atom. The van der Waals surface area contributed by atoms with Crippen LogP contribution in [0.25, 0.3) is 0 Å². The van der Waals surface area contributed by atoms with E-state index in [9.17, 15) is 14.9 Å². The smallest absolute Gasteiger partial charge is 0.273 e. The second kappa shape index (κ2) is 9.88. The summed E-state index contributed by atoms with van der Waals surface area (Å²) in [5, 5.41) is 13.8. The van der Waals surface area contributed by atoms with Crippen molar-refractivity contribution in [1.29, 1.82) is 0 Å². The Morgan fingerprint density at radius 1 is 1.21 bits per heavy atom. The number of carbonyl (C=O) groups is 1. The zero-order valence-electron chi connectivity index (χ0n) is 16.4. The molecule has 1 aliphatic heterocycles. The number of para-hydroxylation sites is 2. The van der Waals surface area contributed by atoms with Crippen LogP contribution in [-0.2, 0) is 4.79 Å². The van der Waals surface area contributed by atoms with Crippen molar-refractivity contribution in [2.45, 2.75) is 12.8 Å². The molecule has 1 saturated heterocycles. The van der Waals surface area contributed by atoms with Gasteiger partial charge in [-0.1, -0.05) is 18.2 Å². The first-order valence-electron chi connectivity index (χ1n) is 9.60. The lowest BCUT2D eigenvalue weighted by molar-refractivity contribution is -0.384. The van der Waals surface area contributed by atoms with E-state index < -0.39 is 4.92 Å². The second-order valence-electron chi connectivity index (χ2n) is 6.91. The van der Waals surface area contributed by atoms with Crippen LogP contribution in [0.1, 0.15) is 12.8 Å². The summed E-state index contributed by atoms with van der Waals surface area (Å²) in [5.74, 6) is 1.12. The van der Waals surface area contributed by atoms with E-state index in [0.29, 0.717) is 30.3 Å². The van der Waals surface area contributed by atoms with Gasteiger partial charge in [0.2, 0.25) is 5.91 Å². The summed E-state index contributed by atoms with van der Waals surface area (Å²) in [6, 6.07) is 13.6. The fourth-order valence-corrected chi connectivity index (χ4v) is 3.38. The molecule has 2 aromatic carbocycles. The minimum absolute atomic E-state index is 0.0157. The van der Waals surface area contributed by atoms with Gasteiger partial charge in [0.05, 0.1) is 23.8 Å². The van der Waals surface area contributed by atoms with Crippen molar-refractivity contribution in [3.63, 3.8) is 0 Å². The summed E-state index contributed by atoms with van der Waals surface area (Å²) in [5.41, 5.74) is 0.706. The number of piperidine rings is 1. The molecule has 2 aromatic rings. The number of ether oxygens (including phenoxy) is 2. The van der Waals surface area contributed by atoms with Crippen LogP contribution in [0.3, 0.4) is 0 Å². The molecule has 1 amide bonds. The molecule has 0 bridgehead atoms. The van der Waals surface area contributed by atoms with Crippen LogP contribution in [0.5, 0.6) is 11.5 Å². The van der Waals surface area contributed by atoms with Crippen LogP contribution in [0.15, 0.2) is 48.5 Å². The lowest BCUT2D eigenvalue weighted by atomic mass is 9.96. The molecule has 3 rings (SSSR count). The van der Waals surface area contributed by atoms with Crippen LogP contribution >= 0.6 is 0 Å². The molecule has 154 valence electrons. The second-order valence-corrected chi connectivity index (χ2v) is 6.91. The van der Waals surface area contributed by atoms with Gasteiger partial charge < -0.3 is 14.8 Å². The first-order valence-corrected chi connectivity index (χ1v) is 9.60. The summed E-state index contributed by atoms with van der Waals surface area (Å²) in [4.78, 5) is 25.2. The standard InChI is InChI=1S/C21H25N3O5/c1-28-20-8-3-2-7-19(20)22-21(25)16-9-11-23(12-10-16)13-14-29-18-6-4-5-17(15-18)24(26)27/h2-8,15-16H,9-14H2,1H3,(H,22,25). The highest BCUT2D eigenvalue weighted by Crippen LogP contribution is 2.26. The molecule has 0 saturated carbocycles. The van der Waals surface area contributed by atoms with Crippen molar-refractivity contribution >= 4 is 17.3 Å². The summed E-state index contributed by atoms with van der Waals surface area (Å²) >= 11 is 0. The average Bonchev–Trinajstić information content (AvgIpc) is 2.75. The van der Waals surface area contributed by atoms with Gasteiger partial charge in [-0.15, -0.1) is 0 Å². The van der Waals surface area contributed by atoms with Crippen LogP contribution < -0.4 is 14.8 Å². The van der Waals surface area contributed by atoms with Gasteiger partial charge in [0.1, 0.15) is 18.1 Å². The van der Waals surface area contributed by atoms with Gasteiger partial charge >= 0.3 is 0 Å². The summed E-state index contributed by atoms with van der Waals surface area (Å²) in [6.45, 7) is 2.77. The predicted octanol–water partition coefficient (Wildman–Crippen LogP) is 3.33. The van der Waals surface area contributed by atoms with E-state index in [0.717, 1.165) is 25.9 Å². The first kappa shape index (κ1) is 20.6. The number of likely N-dealkylation sites (tertiary alicyclic amines) is 1. The molecule has 0 atom stereocenters. The van der Waals surface area contributed by atoms with E-state index in [1.54, 1.807) is 19.2 Å². The van der Waals surface area contributed by atoms with E-state index >= 15 is 0 Å². The third-order valence-corrected chi connectivity index (χ3v) is 5.03. The molecule has 8 heteroatoms. The Hall–Kier alpha value is -3.13. The van der Waals surface area contributed by atoms with E-state index in [1.807, 2.05) is 24.3 Å². The van der Waals surface area contributed by atoms with Crippen LogP contribution in [0.4, 0.5) is 11.4 Å². The first-order chi connectivity index (χ1) is 14.1. The fraction of sp³-hybridized carbons (Fsp3) is 0.381. The van der Waals surface area contributed by atoms with Crippen molar-refractivity contribution in [1.82, 2.24) is 4.90 Å². The lowest BCUT2D eigenvalue weighted by Crippen LogP contribution is -2.40. The van der Waals surface area contributed by atoms with Crippen LogP contribution in [-0.4, -0.2) is 49.1 Å². The number of nitrogens with one attached hydrogen (secondary N) is 1. The zero-order chi connectivity index (χ0) is 20.6. The van der Waals surface area contributed by atoms with Crippen molar-refractivity contribution in [3.05, 3.63) is 58.6 Å². The van der Waals surface area contributed by atoms with E-state index in [2.05, 4.69) is 10.2 Å². The number of amides is 1. The molecule has 0 spiro atoms. The van der Waals surface area contributed by atoms with Gasteiger partial charge in [0, 0.05) is 18.5 Å². The fourth-order valence-electron chi connectivity index (χ4n) is 3.38. The molecule has 1 aliphatic rings. The number of hydrogen-bond acceptors (Lipinski definition) is 6. The minimum atomic E-state index is -0.437. The molecular formula is C21H25N3O5. The van der Waals surface area contributed by atoms with Crippen molar-refractivity contribution < 1.29 is 19.2 Å². The number of rotatable bonds is 8. The Kier molecular flexibility index (Phi) is 7.02. The molecule has 1 N–H and O–H groups in total. The van der Waals surface area contributed by atoms with Gasteiger partial charge in [-0.05, 0) is 44.1 Å². The Balaban J connectivity index is 1.41. The molecular weight excluding hydrogens is 374 g/mol. The maximum Gasteiger partial charge on any atom is 0.273 e. The van der Waals surface area contributed by atoms with Crippen LogP contribution in [0.2, 0.25) is 0 Å². The number of nitro benzene ring substituents is 1. The van der Waals surface area contributed by atoms with Gasteiger partial charge in [0.25, 0.3) is 5.69 Å². The Bertz CT molecular complexity index is 850.